The lowest BCUT2D eigenvalue weighted by molar-refractivity contribution is -0.139. The first kappa shape index (κ1) is 24.2. The monoisotopic (exact) mass is 450 g/mol. The third-order valence-corrected chi connectivity index (χ3v) is 5.71. The average Bonchev–Trinajstić information content (AvgIpc) is 2.67. The highest BCUT2D eigenvalue weighted by Crippen LogP contribution is 2.22. The van der Waals surface area contributed by atoms with Gasteiger partial charge in [-0.3, -0.25) is 9.59 Å². The van der Waals surface area contributed by atoms with Crippen LogP contribution in [-0.4, -0.2) is 34.0 Å². The minimum atomic E-state index is -0.664. The molecule has 0 unspecified atom stereocenters. The third kappa shape index (κ3) is 7.65. The van der Waals surface area contributed by atoms with Crippen LogP contribution in [0, 0.1) is 5.82 Å². The van der Waals surface area contributed by atoms with Crippen LogP contribution in [0.1, 0.15) is 38.8 Å². The van der Waals surface area contributed by atoms with Crippen molar-refractivity contribution in [3.05, 3.63) is 70.5 Å². The summed E-state index contributed by atoms with van der Waals surface area (Å²) in [6, 6.07) is 12.8. The molecule has 1 atom stereocenters. The largest absolute Gasteiger partial charge is 0.350 e. The Labute approximate surface area is 187 Å². The van der Waals surface area contributed by atoms with Crippen LogP contribution in [0.15, 0.2) is 48.5 Å². The van der Waals surface area contributed by atoms with Crippen molar-refractivity contribution in [2.24, 2.45) is 0 Å². The maximum absolute atomic E-state index is 13.3. The molecule has 7 heteroatoms. The maximum atomic E-state index is 13.3. The molecule has 0 aliphatic rings. The number of amides is 2. The Hall–Kier alpha value is -2.05. The highest BCUT2D eigenvalue weighted by molar-refractivity contribution is 7.99. The number of carbonyl (C=O) groups is 2. The molecule has 0 aliphatic heterocycles. The van der Waals surface area contributed by atoms with E-state index in [0.717, 1.165) is 11.1 Å². The number of benzene rings is 2. The topological polar surface area (TPSA) is 49.4 Å². The molecule has 0 aromatic heterocycles. The lowest BCUT2D eigenvalue weighted by Crippen LogP contribution is -2.52. The number of nitrogens with zero attached hydrogens (tertiary/aromatic N) is 1. The van der Waals surface area contributed by atoms with Crippen molar-refractivity contribution >= 4 is 35.2 Å². The highest BCUT2D eigenvalue weighted by Gasteiger charge is 2.28. The zero-order valence-electron chi connectivity index (χ0n) is 17.7. The minimum Gasteiger partial charge on any atom is -0.350 e. The highest BCUT2D eigenvalue weighted by atomic mass is 35.5. The van der Waals surface area contributed by atoms with Gasteiger partial charge in [-0.1, -0.05) is 41.9 Å². The number of halogens is 2. The van der Waals surface area contributed by atoms with Gasteiger partial charge in [-0.05, 0) is 57.0 Å². The molecule has 0 saturated carbocycles. The number of nitrogens with one attached hydrogen (secondary N) is 1. The van der Waals surface area contributed by atoms with Crippen LogP contribution in [-0.2, 0) is 21.9 Å². The van der Waals surface area contributed by atoms with E-state index in [9.17, 15) is 14.0 Å². The molecule has 2 aromatic carbocycles. The lowest BCUT2D eigenvalue weighted by Gasteiger charge is -2.31. The average molecular weight is 451 g/mol. The maximum Gasteiger partial charge on any atom is 0.242 e. The Morgan fingerprint density at radius 3 is 2.37 bits per heavy atom. The number of thioether (sulfide) groups is 1. The smallest absolute Gasteiger partial charge is 0.242 e. The molecule has 0 bridgehead atoms. The molecule has 162 valence electrons. The van der Waals surface area contributed by atoms with Crippen molar-refractivity contribution in [3.63, 3.8) is 0 Å². The SMILES string of the molecule is C[C@@H](C(=O)NC(C)(C)C)N(Cc1ccc(F)cc1)C(=O)CSCc1ccccc1Cl. The van der Waals surface area contributed by atoms with Crippen molar-refractivity contribution in [2.45, 2.75) is 51.6 Å². The molecular weight excluding hydrogens is 423 g/mol. The fraction of sp³-hybridized carbons (Fsp3) is 0.391. The Morgan fingerprint density at radius 2 is 1.77 bits per heavy atom. The second-order valence-corrected chi connectivity index (χ2v) is 9.54. The second-order valence-electron chi connectivity index (χ2n) is 8.15. The standard InChI is InChI=1S/C23H28ClFN2O2S/c1-16(22(29)26-23(2,3)4)27(13-17-9-11-19(25)12-10-17)21(28)15-30-14-18-7-5-6-8-20(18)24/h5-12,16H,13-15H2,1-4H3,(H,26,29)/t16-/m0/s1. The van der Waals surface area contributed by atoms with Crippen LogP contribution in [0.25, 0.3) is 0 Å². The molecule has 30 heavy (non-hydrogen) atoms. The predicted octanol–water partition coefficient (Wildman–Crippen LogP) is 5.04. The van der Waals surface area contributed by atoms with Crippen molar-refractivity contribution in [1.29, 1.82) is 0 Å². The molecule has 2 aromatic rings. The molecule has 1 N–H and O–H groups in total. The van der Waals surface area contributed by atoms with Crippen molar-refractivity contribution in [2.75, 3.05) is 5.75 Å². The summed E-state index contributed by atoms with van der Waals surface area (Å²) >= 11 is 7.63. The molecule has 0 radical (unpaired) electrons. The summed E-state index contributed by atoms with van der Waals surface area (Å²) < 4.78 is 13.3. The summed E-state index contributed by atoms with van der Waals surface area (Å²) in [6.07, 6.45) is 0. The summed E-state index contributed by atoms with van der Waals surface area (Å²) in [6.45, 7) is 7.61. The van der Waals surface area contributed by atoms with Gasteiger partial charge in [0.2, 0.25) is 11.8 Å². The molecule has 0 fully saturated rings. The number of rotatable bonds is 8. The van der Waals surface area contributed by atoms with Gasteiger partial charge in [0.1, 0.15) is 11.9 Å². The van der Waals surface area contributed by atoms with E-state index in [4.69, 9.17) is 11.6 Å². The van der Waals surface area contributed by atoms with E-state index in [1.54, 1.807) is 19.1 Å². The predicted molar refractivity (Wildman–Crippen MR) is 122 cm³/mol. The summed E-state index contributed by atoms with van der Waals surface area (Å²) in [4.78, 5) is 27.3. The summed E-state index contributed by atoms with van der Waals surface area (Å²) in [5, 5.41) is 3.59. The Balaban J connectivity index is 2.10. The molecule has 0 heterocycles. The fourth-order valence-electron chi connectivity index (χ4n) is 2.79. The third-order valence-electron chi connectivity index (χ3n) is 4.37. The van der Waals surface area contributed by atoms with Gasteiger partial charge in [0.15, 0.2) is 0 Å². The second kappa shape index (κ2) is 10.8. The summed E-state index contributed by atoms with van der Waals surface area (Å²) in [5.41, 5.74) is 1.31. The molecule has 0 spiro atoms. The van der Waals surface area contributed by atoms with Crippen LogP contribution < -0.4 is 5.32 Å². The molecule has 2 amide bonds. The number of carbonyl (C=O) groups excluding carboxylic acids is 2. The molecule has 0 saturated heterocycles. The zero-order valence-corrected chi connectivity index (χ0v) is 19.3. The first-order valence-corrected chi connectivity index (χ1v) is 11.3. The van der Waals surface area contributed by atoms with Gasteiger partial charge < -0.3 is 10.2 Å². The van der Waals surface area contributed by atoms with Gasteiger partial charge in [-0.2, -0.15) is 0 Å². The Bertz CT molecular complexity index is 868. The van der Waals surface area contributed by atoms with Crippen LogP contribution in [0.4, 0.5) is 4.39 Å². The first-order chi connectivity index (χ1) is 14.1. The van der Waals surface area contributed by atoms with E-state index in [0.29, 0.717) is 10.8 Å². The lowest BCUT2D eigenvalue weighted by atomic mass is 10.1. The normalized spacial score (nSPS) is 12.3. The van der Waals surface area contributed by atoms with E-state index < -0.39 is 11.6 Å². The first-order valence-electron chi connectivity index (χ1n) is 9.74. The van der Waals surface area contributed by atoms with E-state index in [1.165, 1.54) is 28.8 Å². The summed E-state index contributed by atoms with van der Waals surface area (Å²) in [7, 11) is 0. The molecule has 2 rings (SSSR count). The minimum absolute atomic E-state index is 0.159. The van der Waals surface area contributed by atoms with E-state index >= 15 is 0 Å². The van der Waals surface area contributed by atoms with E-state index in [-0.39, 0.29) is 29.9 Å². The van der Waals surface area contributed by atoms with Crippen molar-refractivity contribution < 1.29 is 14.0 Å². The quantitative estimate of drug-likeness (QED) is 0.612. The van der Waals surface area contributed by atoms with Gasteiger partial charge in [-0.25, -0.2) is 4.39 Å². The zero-order chi connectivity index (χ0) is 22.3. The van der Waals surface area contributed by atoms with Crippen molar-refractivity contribution in [1.82, 2.24) is 10.2 Å². The fourth-order valence-corrected chi connectivity index (χ4v) is 3.99. The Kier molecular flexibility index (Phi) is 8.74. The van der Waals surface area contributed by atoms with Gasteiger partial charge in [0, 0.05) is 22.9 Å². The van der Waals surface area contributed by atoms with Crippen LogP contribution >= 0.6 is 23.4 Å². The molecule has 4 nitrogen and oxygen atoms in total. The van der Waals surface area contributed by atoms with Crippen LogP contribution in [0.5, 0.6) is 0 Å². The number of hydrogen-bond donors (Lipinski definition) is 1. The van der Waals surface area contributed by atoms with Crippen LogP contribution in [0.3, 0.4) is 0 Å². The Morgan fingerprint density at radius 1 is 1.13 bits per heavy atom. The van der Waals surface area contributed by atoms with Gasteiger partial charge >= 0.3 is 0 Å². The number of hydrogen-bond acceptors (Lipinski definition) is 3. The van der Waals surface area contributed by atoms with E-state index in [2.05, 4.69) is 5.32 Å². The van der Waals surface area contributed by atoms with E-state index in [1.807, 2.05) is 45.0 Å². The molecular formula is C23H28ClFN2O2S. The van der Waals surface area contributed by atoms with Gasteiger partial charge in [-0.15, -0.1) is 11.8 Å². The van der Waals surface area contributed by atoms with Crippen LogP contribution in [0.2, 0.25) is 5.02 Å². The van der Waals surface area contributed by atoms with Gasteiger partial charge in [0.25, 0.3) is 0 Å². The summed E-state index contributed by atoms with van der Waals surface area (Å²) in [5.74, 6) is 0.0743. The van der Waals surface area contributed by atoms with Gasteiger partial charge in [0.05, 0.1) is 5.75 Å². The van der Waals surface area contributed by atoms with Crippen molar-refractivity contribution in [3.8, 4) is 0 Å². The molecule has 0 aliphatic carbocycles.